The van der Waals surface area contributed by atoms with Gasteiger partial charge in [-0.2, -0.15) is 0 Å². The van der Waals surface area contributed by atoms with Crippen molar-refractivity contribution in [1.29, 1.82) is 0 Å². The number of rotatable bonds is 12. The fourth-order valence-corrected chi connectivity index (χ4v) is 5.84. The Morgan fingerprint density at radius 2 is 0.773 bits per heavy atom. The molecule has 0 aromatic heterocycles. The van der Waals surface area contributed by atoms with Gasteiger partial charge in [0.25, 0.3) is 0 Å². The first-order valence-corrected chi connectivity index (χ1v) is 11.8. The van der Waals surface area contributed by atoms with E-state index in [-0.39, 0.29) is 0 Å². The summed E-state index contributed by atoms with van der Waals surface area (Å²) in [4.78, 5) is 0. The molecule has 0 heterocycles. The van der Waals surface area contributed by atoms with E-state index in [0.29, 0.717) is 11.8 Å². The highest BCUT2D eigenvalue weighted by atomic mass is 35.5. The minimum atomic E-state index is -2.32. The van der Waals surface area contributed by atoms with Crippen LogP contribution in [0.5, 0.6) is 0 Å². The van der Waals surface area contributed by atoms with Crippen molar-refractivity contribution >= 4 is 40.8 Å². The molecule has 136 valence electrons. The summed E-state index contributed by atoms with van der Waals surface area (Å²) in [5, 5.41) is 0. The highest BCUT2D eigenvalue weighted by molar-refractivity contribution is 6.61. The molecule has 0 aliphatic heterocycles. The van der Waals surface area contributed by atoms with Gasteiger partial charge in [0.05, 0.1) is 0 Å². The Morgan fingerprint density at radius 3 is 0.909 bits per heavy atom. The third-order valence-electron chi connectivity index (χ3n) is 3.10. The SMILES string of the molecule is CO[Si](CCCCl)(OC)OC.CO[Si](CCCCl)(OC)OC. The summed E-state index contributed by atoms with van der Waals surface area (Å²) in [6.45, 7) is 0. The molecule has 0 rings (SSSR count). The van der Waals surface area contributed by atoms with E-state index in [4.69, 9.17) is 49.8 Å². The zero-order valence-corrected chi connectivity index (χ0v) is 18.0. The third kappa shape index (κ3) is 9.81. The highest BCUT2D eigenvalue weighted by Gasteiger charge is 2.37. The molecule has 0 amide bonds. The van der Waals surface area contributed by atoms with E-state index in [1.54, 1.807) is 42.7 Å². The second-order valence-corrected chi connectivity index (χ2v) is 11.1. The van der Waals surface area contributed by atoms with Crippen LogP contribution in [0, 0.1) is 0 Å². The van der Waals surface area contributed by atoms with Crippen LogP contribution in [0.4, 0.5) is 0 Å². The summed E-state index contributed by atoms with van der Waals surface area (Å²) >= 11 is 11.1. The number of alkyl halides is 2. The molecule has 0 aromatic rings. The van der Waals surface area contributed by atoms with Crippen LogP contribution in [-0.4, -0.2) is 72.0 Å². The van der Waals surface area contributed by atoms with Crippen LogP contribution in [0.25, 0.3) is 0 Å². The fourth-order valence-electron chi connectivity index (χ4n) is 1.68. The standard InChI is InChI=1S/2C6H15ClO3Si/c2*1-8-11(9-2,10-3)6-4-5-7/h2*4-6H2,1-3H3. The van der Waals surface area contributed by atoms with Crippen LogP contribution >= 0.6 is 23.2 Å². The normalized spacial score (nSPS) is 12.0. The zero-order valence-electron chi connectivity index (χ0n) is 14.4. The van der Waals surface area contributed by atoms with Crippen LogP contribution in [0.3, 0.4) is 0 Å². The molecule has 0 aliphatic rings. The van der Waals surface area contributed by atoms with Crippen molar-refractivity contribution in [2.45, 2.75) is 24.9 Å². The molecule has 0 fully saturated rings. The van der Waals surface area contributed by atoms with Gasteiger partial charge in [0, 0.05) is 66.5 Å². The molecule has 0 spiro atoms. The van der Waals surface area contributed by atoms with Crippen molar-refractivity contribution in [1.82, 2.24) is 0 Å². The molecule has 6 nitrogen and oxygen atoms in total. The predicted molar refractivity (Wildman–Crippen MR) is 93.9 cm³/mol. The Balaban J connectivity index is 0. The fraction of sp³-hybridized carbons (Fsp3) is 1.00. The van der Waals surface area contributed by atoms with Crippen LogP contribution in [0.15, 0.2) is 0 Å². The molecule has 0 unspecified atom stereocenters. The lowest BCUT2D eigenvalue weighted by molar-refractivity contribution is 0.123. The Morgan fingerprint density at radius 1 is 0.545 bits per heavy atom. The maximum atomic E-state index is 5.53. The first-order chi connectivity index (χ1) is 10.5. The van der Waals surface area contributed by atoms with Gasteiger partial charge < -0.3 is 26.6 Å². The summed E-state index contributed by atoms with van der Waals surface area (Å²) in [6, 6.07) is 1.56. The zero-order chi connectivity index (χ0) is 17.5. The highest BCUT2D eigenvalue weighted by Crippen LogP contribution is 2.15. The Kier molecular flexibility index (Phi) is 17.4. The Hall–Kier alpha value is 0.774. The lowest BCUT2D eigenvalue weighted by Gasteiger charge is -2.23. The number of hydrogen-bond donors (Lipinski definition) is 0. The summed E-state index contributed by atoms with van der Waals surface area (Å²) < 4.78 is 31.0. The van der Waals surface area contributed by atoms with Crippen LogP contribution in [-0.2, 0) is 26.6 Å². The number of halogens is 2. The van der Waals surface area contributed by atoms with Gasteiger partial charge in [-0.15, -0.1) is 23.2 Å². The Labute approximate surface area is 147 Å². The van der Waals surface area contributed by atoms with Crippen molar-refractivity contribution in [3.63, 3.8) is 0 Å². The molecule has 0 saturated heterocycles. The van der Waals surface area contributed by atoms with Crippen LogP contribution in [0.2, 0.25) is 12.1 Å². The van der Waals surface area contributed by atoms with Crippen LogP contribution in [0.1, 0.15) is 12.8 Å². The maximum Gasteiger partial charge on any atom is 0.500 e. The quantitative estimate of drug-likeness (QED) is 0.373. The van der Waals surface area contributed by atoms with E-state index in [0.717, 1.165) is 24.9 Å². The van der Waals surface area contributed by atoms with Gasteiger partial charge in [0.15, 0.2) is 0 Å². The topological polar surface area (TPSA) is 55.4 Å². The molecular formula is C12H30Cl2O6Si2. The molecule has 0 aliphatic carbocycles. The maximum absolute atomic E-state index is 5.53. The van der Waals surface area contributed by atoms with Crippen molar-refractivity contribution in [3.8, 4) is 0 Å². The van der Waals surface area contributed by atoms with Gasteiger partial charge in [-0.1, -0.05) is 0 Å². The largest absolute Gasteiger partial charge is 0.500 e. The van der Waals surface area contributed by atoms with Gasteiger partial charge in [-0.05, 0) is 12.8 Å². The summed E-state index contributed by atoms with van der Waals surface area (Å²) in [7, 11) is 4.98. The average Bonchev–Trinajstić information content (AvgIpc) is 2.59. The molecule has 0 N–H and O–H groups in total. The molecule has 10 heteroatoms. The summed E-state index contributed by atoms with van der Waals surface area (Å²) in [5.74, 6) is 1.23. The molecular weight excluding hydrogens is 367 g/mol. The second-order valence-electron chi connectivity index (χ2n) is 4.18. The second kappa shape index (κ2) is 15.3. The van der Waals surface area contributed by atoms with E-state index in [1.807, 2.05) is 0 Å². The average molecular weight is 397 g/mol. The summed E-state index contributed by atoms with van der Waals surface area (Å²) in [6.07, 6.45) is 1.73. The minimum Gasteiger partial charge on any atom is -0.377 e. The van der Waals surface area contributed by atoms with Crippen LogP contribution < -0.4 is 0 Å². The van der Waals surface area contributed by atoms with Crippen molar-refractivity contribution in [3.05, 3.63) is 0 Å². The van der Waals surface area contributed by atoms with Gasteiger partial charge in [0.2, 0.25) is 0 Å². The first kappa shape index (κ1) is 25.0. The third-order valence-corrected chi connectivity index (χ3v) is 9.30. The van der Waals surface area contributed by atoms with E-state index < -0.39 is 17.6 Å². The molecule has 22 heavy (non-hydrogen) atoms. The Bertz CT molecular complexity index is 203. The predicted octanol–water partition coefficient (Wildman–Crippen LogP) is 2.99. The lowest BCUT2D eigenvalue weighted by atomic mass is 10.6. The van der Waals surface area contributed by atoms with E-state index in [1.165, 1.54) is 0 Å². The lowest BCUT2D eigenvalue weighted by Crippen LogP contribution is -2.42. The monoisotopic (exact) mass is 396 g/mol. The van der Waals surface area contributed by atoms with Gasteiger partial charge in [-0.3, -0.25) is 0 Å². The molecule has 0 radical (unpaired) electrons. The van der Waals surface area contributed by atoms with Crippen molar-refractivity contribution in [2.24, 2.45) is 0 Å². The molecule has 0 saturated carbocycles. The van der Waals surface area contributed by atoms with Crippen molar-refractivity contribution < 1.29 is 26.6 Å². The molecule has 0 aromatic carbocycles. The molecule has 0 bridgehead atoms. The smallest absolute Gasteiger partial charge is 0.377 e. The van der Waals surface area contributed by atoms with Gasteiger partial charge in [0.1, 0.15) is 0 Å². The first-order valence-electron chi connectivity index (χ1n) is 6.92. The minimum absolute atomic E-state index is 0.616. The van der Waals surface area contributed by atoms with E-state index in [9.17, 15) is 0 Å². The summed E-state index contributed by atoms with van der Waals surface area (Å²) in [5.41, 5.74) is 0. The van der Waals surface area contributed by atoms with Gasteiger partial charge in [-0.25, -0.2) is 0 Å². The van der Waals surface area contributed by atoms with E-state index >= 15 is 0 Å². The number of hydrogen-bond acceptors (Lipinski definition) is 6. The van der Waals surface area contributed by atoms with Crippen molar-refractivity contribution in [2.75, 3.05) is 54.4 Å². The molecule has 0 atom stereocenters. The van der Waals surface area contributed by atoms with Gasteiger partial charge >= 0.3 is 17.6 Å². The van der Waals surface area contributed by atoms with E-state index in [2.05, 4.69) is 0 Å².